The third kappa shape index (κ3) is 6.99. The van der Waals surface area contributed by atoms with Crippen molar-refractivity contribution in [3.05, 3.63) is 70.3 Å². The van der Waals surface area contributed by atoms with Crippen LogP contribution in [0.1, 0.15) is 49.3 Å². The van der Waals surface area contributed by atoms with Crippen molar-refractivity contribution in [3.63, 3.8) is 0 Å². The van der Waals surface area contributed by atoms with E-state index >= 15 is 0 Å². The highest BCUT2D eigenvalue weighted by Gasteiger charge is 2.39. The normalized spacial score (nSPS) is 16.3. The summed E-state index contributed by atoms with van der Waals surface area (Å²) in [6.45, 7) is 5.26. The summed E-state index contributed by atoms with van der Waals surface area (Å²) in [4.78, 5) is 43.5. The number of amides is 3. The molecule has 0 aliphatic carbocycles. The van der Waals surface area contributed by atoms with Crippen molar-refractivity contribution in [2.45, 2.75) is 45.2 Å². The fourth-order valence-corrected chi connectivity index (χ4v) is 5.28. The van der Waals surface area contributed by atoms with Gasteiger partial charge >= 0.3 is 6.18 Å². The van der Waals surface area contributed by atoms with Gasteiger partial charge in [0.1, 0.15) is 5.75 Å². The Morgan fingerprint density at radius 3 is 2.29 bits per heavy atom. The first-order chi connectivity index (χ1) is 20.0. The standard InChI is InChI=1S/C31H33F3N4O4/c1-21-26(30(41)38(29(21)40)24-10-9-23(20-35)27(19-24)31(32,33)34)6-4-3-5-13-36-14-16-37(17-15-36)28(39)18-22-7-11-25(42-2)12-8-22/h7-12,19H,3-6,13-18H2,1-2H3. The minimum atomic E-state index is -4.79. The number of ether oxygens (including phenoxy) is 1. The maximum Gasteiger partial charge on any atom is 0.417 e. The van der Waals surface area contributed by atoms with Gasteiger partial charge in [-0.1, -0.05) is 18.6 Å². The van der Waals surface area contributed by atoms with Crippen LogP contribution in [0.3, 0.4) is 0 Å². The van der Waals surface area contributed by atoms with E-state index in [4.69, 9.17) is 10.00 Å². The molecule has 2 heterocycles. The lowest BCUT2D eigenvalue weighted by atomic mass is 10.0. The van der Waals surface area contributed by atoms with E-state index in [-0.39, 0.29) is 17.2 Å². The molecular weight excluding hydrogens is 549 g/mol. The number of unbranched alkanes of at least 4 members (excludes halogenated alkanes) is 2. The summed E-state index contributed by atoms with van der Waals surface area (Å²) in [6, 6.07) is 11.8. The average Bonchev–Trinajstić information content (AvgIpc) is 3.19. The molecule has 8 nitrogen and oxygen atoms in total. The van der Waals surface area contributed by atoms with Gasteiger partial charge in [0.25, 0.3) is 11.8 Å². The van der Waals surface area contributed by atoms with E-state index in [1.165, 1.54) is 19.1 Å². The van der Waals surface area contributed by atoms with Crippen molar-refractivity contribution < 1.29 is 32.3 Å². The molecule has 0 N–H and O–H groups in total. The Bertz CT molecular complexity index is 1400. The number of anilines is 1. The number of halogens is 3. The van der Waals surface area contributed by atoms with Gasteiger partial charge in [0, 0.05) is 37.3 Å². The van der Waals surface area contributed by atoms with Gasteiger partial charge in [-0.3, -0.25) is 19.3 Å². The van der Waals surface area contributed by atoms with E-state index in [9.17, 15) is 27.6 Å². The van der Waals surface area contributed by atoms with E-state index in [1.807, 2.05) is 29.2 Å². The molecule has 0 spiro atoms. The van der Waals surface area contributed by atoms with Crippen LogP contribution >= 0.6 is 0 Å². The summed E-state index contributed by atoms with van der Waals surface area (Å²) in [7, 11) is 1.60. The molecule has 1 fully saturated rings. The molecule has 0 bridgehead atoms. The lowest BCUT2D eigenvalue weighted by molar-refractivity contribution is -0.138. The number of carbonyl (C=O) groups excluding carboxylic acids is 3. The number of rotatable bonds is 10. The van der Waals surface area contributed by atoms with E-state index in [1.54, 1.807) is 7.11 Å². The van der Waals surface area contributed by atoms with Crippen LogP contribution in [0, 0.1) is 11.3 Å². The summed E-state index contributed by atoms with van der Waals surface area (Å²) in [5.74, 6) is -0.412. The Balaban J connectivity index is 1.21. The van der Waals surface area contributed by atoms with Crippen molar-refractivity contribution in [1.82, 2.24) is 9.80 Å². The molecule has 0 radical (unpaired) electrons. The summed E-state index contributed by atoms with van der Waals surface area (Å²) in [5.41, 5.74) is -0.474. The molecule has 2 aromatic rings. The number of hydrogen-bond acceptors (Lipinski definition) is 6. The molecule has 2 aliphatic rings. The Hall–Kier alpha value is -4.17. The highest BCUT2D eigenvalue weighted by atomic mass is 19.4. The Labute approximate surface area is 242 Å². The molecule has 4 rings (SSSR count). The Morgan fingerprint density at radius 1 is 0.976 bits per heavy atom. The van der Waals surface area contributed by atoms with E-state index in [0.29, 0.717) is 44.0 Å². The van der Waals surface area contributed by atoms with Crippen LogP contribution in [-0.2, 0) is 27.0 Å². The van der Waals surface area contributed by atoms with Gasteiger partial charge in [-0.05, 0) is 68.6 Å². The largest absolute Gasteiger partial charge is 0.497 e. The van der Waals surface area contributed by atoms with E-state index in [2.05, 4.69) is 4.90 Å². The number of nitrogens with zero attached hydrogens (tertiary/aromatic N) is 4. The van der Waals surface area contributed by atoms with Gasteiger partial charge in [-0.15, -0.1) is 0 Å². The first kappa shape index (κ1) is 30.8. The van der Waals surface area contributed by atoms with Crippen LogP contribution in [0.2, 0.25) is 0 Å². The minimum absolute atomic E-state index is 0.101. The summed E-state index contributed by atoms with van der Waals surface area (Å²) in [6.07, 6.45) is -1.75. The molecule has 2 aliphatic heterocycles. The number of imide groups is 1. The third-order valence-electron chi connectivity index (χ3n) is 7.77. The van der Waals surface area contributed by atoms with Gasteiger partial charge in [0.15, 0.2) is 0 Å². The summed E-state index contributed by atoms with van der Waals surface area (Å²) >= 11 is 0. The molecular formula is C31H33F3N4O4. The number of alkyl halides is 3. The SMILES string of the molecule is COc1ccc(CC(=O)N2CCN(CCCCCC3=C(C)C(=O)N(c4ccc(C#N)c(C(F)(F)F)c4)C3=O)CC2)cc1. The number of methoxy groups -OCH3 is 1. The van der Waals surface area contributed by atoms with Crippen LogP contribution in [0.25, 0.3) is 0 Å². The van der Waals surface area contributed by atoms with Crippen LogP contribution in [0.15, 0.2) is 53.6 Å². The Morgan fingerprint density at radius 2 is 1.67 bits per heavy atom. The lowest BCUT2D eigenvalue weighted by Crippen LogP contribution is -2.49. The van der Waals surface area contributed by atoms with Crippen molar-refractivity contribution >= 4 is 23.4 Å². The average molecular weight is 583 g/mol. The number of piperazine rings is 1. The molecule has 11 heteroatoms. The van der Waals surface area contributed by atoms with Crippen LogP contribution < -0.4 is 9.64 Å². The van der Waals surface area contributed by atoms with Gasteiger partial charge in [-0.2, -0.15) is 18.4 Å². The number of nitriles is 1. The molecule has 1 saturated heterocycles. The second-order valence-electron chi connectivity index (χ2n) is 10.4. The second-order valence-corrected chi connectivity index (χ2v) is 10.4. The van der Waals surface area contributed by atoms with Crippen LogP contribution in [0.4, 0.5) is 18.9 Å². The van der Waals surface area contributed by atoms with Gasteiger partial charge in [-0.25, -0.2) is 4.90 Å². The van der Waals surface area contributed by atoms with E-state index < -0.39 is 29.1 Å². The molecule has 0 unspecified atom stereocenters. The zero-order valence-electron chi connectivity index (χ0n) is 23.7. The molecule has 2 aromatic carbocycles. The maximum absolute atomic E-state index is 13.4. The summed E-state index contributed by atoms with van der Waals surface area (Å²) in [5, 5.41) is 9.02. The van der Waals surface area contributed by atoms with Crippen molar-refractivity contribution in [3.8, 4) is 11.8 Å². The Kier molecular flexibility index (Phi) is 9.68. The maximum atomic E-state index is 13.4. The number of carbonyl (C=O) groups is 3. The molecule has 0 saturated carbocycles. The molecule has 3 amide bonds. The van der Waals surface area contributed by atoms with E-state index in [0.717, 1.165) is 54.8 Å². The minimum Gasteiger partial charge on any atom is -0.497 e. The predicted molar refractivity (Wildman–Crippen MR) is 150 cm³/mol. The smallest absolute Gasteiger partial charge is 0.417 e. The topological polar surface area (TPSA) is 93.9 Å². The fraction of sp³-hybridized carbons (Fsp3) is 0.419. The van der Waals surface area contributed by atoms with Crippen LogP contribution in [-0.4, -0.2) is 67.4 Å². The van der Waals surface area contributed by atoms with Crippen molar-refractivity contribution in [1.29, 1.82) is 5.26 Å². The first-order valence-electron chi connectivity index (χ1n) is 13.9. The van der Waals surface area contributed by atoms with Crippen molar-refractivity contribution in [2.75, 3.05) is 44.7 Å². The van der Waals surface area contributed by atoms with Crippen LogP contribution in [0.5, 0.6) is 5.75 Å². The predicted octanol–water partition coefficient (Wildman–Crippen LogP) is 4.72. The van der Waals surface area contributed by atoms with Gasteiger partial charge in [0.2, 0.25) is 5.91 Å². The lowest BCUT2D eigenvalue weighted by Gasteiger charge is -2.34. The fourth-order valence-electron chi connectivity index (χ4n) is 5.28. The molecule has 0 aromatic heterocycles. The monoisotopic (exact) mass is 582 g/mol. The quantitative estimate of drug-likeness (QED) is 0.297. The van der Waals surface area contributed by atoms with Gasteiger partial charge < -0.3 is 9.64 Å². The highest BCUT2D eigenvalue weighted by Crippen LogP contribution is 2.37. The zero-order valence-corrected chi connectivity index (χ0v) is 23.7. The highest BCUT2D eigenvalue weighted by molar-refractivity contribution is 6.32. The zero-order chi connectivity index (χ0) is 30.4. The molecule has 222 valence electrons. The molecule has 42 heavy (non-hydrogen) atoms. The third-order valence-corrected chi connectivity index (χ3v) is 7.77. The first-order valence-corrected chi connectivity index (χ1v) is 13.9. The second kappa shape index (κ2) is 13.2. The number of benzene rings is 2. The van der Waals surface area contributed by atoms with Gasteiger partial charge in [0.05, 0.1) is 36.4 Å². The summed E-state index contributed by atoms with van der Waals surface area (Å²) < 4.78 is 45.4. The number of hydrogen-bond donors (Lipinski definition) is 0. The molecule has 0 atom stereocenters. The van der Waals surface area contributed by atoms with Crippen molar-refractivity contribution in [2.24, 2.45) is 0 Å².